The first-order valence-corrected chi connectivity index (χ1v) is 8.07. The number of carbonyl (C=O) groups excluding carboxylic acids is 3. The molecule has 7 nitrogen and oxygen atoms in total. The highest BCUT2D eigenvalue weighted by Gasteiger charge is 2.10. The molecule has 0 spiro atoms. The van der Waals surface area contributed by atoms with Crippen molar-refractivity contribution in [1.29, 1.82) is 0 Å². The van der Waals surface area contributed by atoms with Crippen molar-refractivity contribution in [3.63, 3.8) is 0 Å². The van der Waals surface area contributed by atoms with Gasteiger partial charge < -0.3 is 20.1 Å². The van der Waals surface area contributed by atoms with Crippen molar-refractivity contribution in [1.82, 2.24) is 5.32 Å². The predicted octanol–water partition coefficient (Wildman–Crippen LogP) is 1.67. The monoisotopic (exact) mass is 374 g/mol. The second kappa shape index (κ2) is 9.91. The zero-order valence-corrected chi connectivity index (χ0v) is 14.7. The fourth-order valence-electron chi connectivity index (χ4n) is 2.11. The van der Waals surface area contributed by atoms with Crippen LogP contribution in [0.1, 0.15) is 5.56 Å². The molecular formula is C19H19FN2O5. The van der Waals surface area contributed by atoms with Crippen molar-refractivity contribution >= 4 is 23.5 Å². The molecule has 0 unspecified atom stereocenters. The second-order valence-corrected chi connectivity index (χ2v) is 5.52. The van der Waals surface area contributed by atoms with Crippen LogP contribution < -0.4 is 15.4 Å². The van der Waals surface area contributed by atoms with E-state index in [0.717, 1.165) is 0 Å². The van der Waals surface area contributed by atoms with Crippen molar-refractivity contribution in [2.75, 3.05) is 25.6 Å². The van der Waals surface area contributed by atoms with E-state index in [-0.39, 0.29) is 13.0 Å². The van der Waals surface area contributed by atoms with E-state index >= 15 is 0 Å². The van der Waals surface area contributed by atoms with E-state index in [0.29, 0.717) is 17.0 Å². The first-order chi connectivity index (χ1) is 13.0. The van der Waals surface area contributed by atoms with Gasteiger partial charge in [0.1, 0.15) is 11.6 Å². The van der Waals surface area contributed by atoms with Crippen LogP contribution in [0.15, 0.2) is 48.5 Å². The molecule has 0 atom stereocenters. The van der Waals surface area contributed by atoms with Crippen LogP contribution in [0.5, 0.6) is 5.75 Å². The third kappa shape index (κ3) is 7.15. The Kier molecular flexibility index (Phi) is 7.30. The minimum Gasteiger partial charge on any atom is -0.497 e. The van der Waals surface area contributed by atoms with Gasteiger partial charge in [0.25, 0.3) is 5.91 Å². The van der Waals surface area contributed by atoms with Crippen LogP contribution in [0.3, 0.4) is 0 Å². The van der Waals surface area contributed by atoms with Crippen LogP contribution in [0.4, 0.5) is 10.1 Å². The summed E-state index contributed by atoms with van der Waals surface area (Å²) < 4.78 is 22.7. The fraction of sp³-hybridized carbons (Fsp3) is 0.211. The van der Waals surface area contributed by atoms with Gasteiger partial charge in [0.05, 0.1) is 20.1 Å². The molecule has 2 rings (SSSR count). The van der Waals surface area contributed by atoms with E-state index in [4.69, 9.17) is 9.47 Å². The Hall–Kier alpha value is -3.42. The summed E-state index contributed by atoms with van der Waals surface area (Å²) in [5.41, 5.74) is 1.10. The molecule has 2 aromatic carbocycles. The highest BCUT2D eigenvalue weighted by atomic mass is 19.1. The maximum atomic E-state index is 12.8. The molecule has 27 heavy (non-hydrogen) atoms. The van der Waals surface area contributed by atoms with Gasteiger partial charge in [-0.1, -0.05) is 12.1 Å². The van der Waals surface area contributed by atoms with Crippen LogP contribution in [-0.2, 0) is 25.5 Å². The van der Waals surface area contributed by atoms with Gasteiger partial charge in [-0.15, -0.1) is 0 Å². The number of hydrogen-bond donors (Lipinski definition) is 2. The molecule has 2 N–H and O–H groups in total. The Labute approximate surface area is 155 Å². The third-order valence-corrected chi connectivity index (χ3v) is 3.42. The van der Waals surface area contributed by atoms with Crippen molar-refractivity contribution in [2.24, 2.45) is 0 Å². The Morgan fingerprint density at radius 3 is 2.48 bits per heavy atom. The van der Waals surface area contributed by atoms with Crippen molar-refractivity contribution in [2.45, 2.75) is 6.42 Å². The van der Waals surface area contributed by atoms with Crippen LogP contribution in [0.25, 0.3) is 0 Å². The number of ether oxygens (including phenoxy) is 2. The zero-order chi connectivity index (χ0) is 19.6. The second-order valence-electron chi connectivity index (χ2n) is 5.52. The van der Waals surface area contributed by atoms with Crippen molar-refractivity contribution in [3.05, 3.63) is 59.9 Å². The van der Waals surface area contributed by atoms with Gasteiger partial charge in [-0.2, -0.15) is 0 Å². The minimum absolute atomic E-state index is 0.00443. The highest BCUT2D eigenvalue weighted by Crippen LogP contribution is 2.13. The van der Waals surface area contributed by atoms with Gasteiger partial charge >= 0.3 is 5.97 Å². The van der Waals surface area contributed by atoms with E-state index in [2.05, 4.69) is 10.6 Å². The Balaban J connectivity index is 1.68. The van der Waals surface area contributed by atoms with Crippen LogP contribution in [0, 0.1) is 5.82 Å². The van der Waals surface area contributed by atoms with Gasteiger partial charge in [0.2, 0.25) is 5.91 Å². The summed E-state index contributed by atoms with van der Waals surface area (Å²) >= 11 is 0. The number of carbonyl (C=O) groups is 3. The zero-order valence-electron chi connectivity index (χ0n) is 14.7. The molecule has 142 valence electrons. The summed E-state index contributed by atoms with van der Waals surface area (Å²) in [5.74, 6) is -1.47. The van der Waals surface area contributed by atoms with Gasteiger partial charge in [0.15, 0.2) is 6.61 Å². The Bertz CT molecular complexity index is 808. The summed E-state index contributed by atoms with van der Waals surface area (Å²) in [6.45, 7) is -0.795. The highest BCUT2D eigenvalue weighted by molar-refractivity contribution is 5.94. The first kappa shape index (κ1) is 19.9. The standard InChI is InChI=1S/C19H19FN2O5/c1-26-16-4-2-3-13(9-16)10-19(25)27-12-18(24)21-11-17(23)22-15-7-5-14(20)6-8-15/h2-9H,10-12H2,1H3,(H,21,24)(H,22,23). The lowest BCUT2D eigenvalue weighted by molar-refractivity contribution is -0.147. The van der Waals surface area contributed by atoms with Crippen molar-refractivity contribution in [3.8, 4) is 5.75 Å². The molecule has 0 aliphatic carbocycles. The lowest BCUT2D eigenvalue weighted by Crippen LogP contribution is -2.35. The molecule has 0 fully saturated rings. The minimum atomic E-state index is -0.608. The summed E-state index contributed by atoms with van der Waals surface area (Å²) in [6, 6.07) is 12.1. The number of halogens is 1. The molecule has 0 heterocycles. The summed E-state index contributed by atoms with van der Waals surface area (Å²) in [5, 5.41) is 4.82. The van der Waals surface area contributed by atoms with Crippen LogP contribution >= 0.6 is 0 Å². The van der Waals surface area contributed by atoms with Gasteiger partial charge in [-0.05, 0) is 42.0 Å². The molecule has 0 radical (unpaired) electrons. The Morgan fingerprint density at radius 1 is 1.04 bits per heavy atom. The van der Waals surface area contributed by atoms with Gasteiger partial charge in [-0.3, -0.25) is 14.4 Å². The van der Waals surface area contributed by atoms with Gasteiger partial charge in [0, 0.05) is 5.69 Å². The number of anilines is 1. The maximum Gasteiger partial charge on any atom is 0.310 e. The molecule has 2 amide bonds. The van der Waals surface area contributed by atoms with E-state index in [9.17, 15) is 18.8 Å². The average Bonchev–Trinajstić information content (AvgIpc) is 2.66. The molecule has 8 heteroatoms. The summed E-state index contributed by atoms with van der Waals surface area (Å²) in [6.07, 6.45) is -0.00443. The maximum absolute atomic E-state index is 12.8. The smallest absolute Gasteiger partial charge is 0.310 e. The molecule has 0 saturated carbocycles. The third-order valence-electron chi connectivity index (χ3n) is 3.42. The lowest BCUT2D eigenvalue weighted by atomic mass is 10.1. The van der Waals surface area contributed by atoms with E-state index in [1.54, 1.807) is 24.3 Å². The van der Waals surface area contributed by atoms with E-state index < -0.39 is 30.2 Å². The predicted molar refractivity (Wildman–Crippen MR) is 95.7 cm³/mol. The lowest BCUT2D eigenvalue weighted by Gasteiger charge is -2.08. The molecule has 0 aromatic heterocycles. The summed E-state index contributed by atoms with van der Waals surface area (Å²) in [7, 11) is 1.52. The summed E-state index contributed by atoms with van der Waals surface area (Å²) in [4.78, 5) is 35.1. The average molecular weight is 374 g/mol. The normalized spacial score (nSPS) is 10.0. The largest absolute Gasteiger partial charge is 0.497 e. The molecule has 0 aliphatic heterocycles. The van der Waals surface area contributed by atoms with E-state index in [1.165, 1.54) is 31.4 Å². The Morgan fingerprint density at radius 2 is 1.78 bits per heavy atom. The molecule has 0 bridgehead atoms. The number of esters is 1. The van der Waals surface area contributed by atoms with Crippen LogP contribution in [-0.4, -0.2) is 38.0 Å². The number of benzene rings is 2. The fourth-order valence-corrected chi connectivity index (χ4v) is 2.11. The topological polar surface area (TPSA) is 93.7 Å². The molecule has 0 saturated heterocycles. The number of methoxy groups -OCH3 is 1. The number of nitrogens with one attached hydrogen (secondary N) is 2. The quantitative estimate of drug-likeness (QED) is 0.686. The molecular weight excluding hydrogens is 355 g/mol. The van der Waals surface area contributed by atoms with E-state index in [1.807, 2.05) is 0 Å². The first-order valence-electron chi connectivity index (χ1n) is 8.07. The molecule has 2 aromatic rings. The van der Waals surface area contributed by atoms with Crippen LogP contribution in [0.2, 0.25) is 0 Å². The number of hydrogen-bond acceptors (Lipinski definition) is 5. The molecule has 0 aliphatic rings. The van der Waals surface area contributed by atoms with Crippen molar-refractivity contribution < 1.29 is 28.2 Å². The number of amides is 2. The number of rotatable bonds is 8. The van der Waals surface area contributed by atoms with Gasteiger partial charge in [-0.25, -0.2) is 4.39 Å². The SMILES string of the molecule is COc1cccc(CC(=O)OCC(=O)NCC(=O)Nc2ccc(F)cc2)c1.